The molecule has 1 aliphatic heterocycles. The standard InChI is InChI=1S/C20H36Br2O3/c1-3-4-5-6-7-10-13-17(21)18(22)14-11-8-9-12-15-20(16-25-20)19(23)24-2/h17-18H,3-16H2,1-2H3/t17-,18-,20-/m0/s1. The van der Waals surface area contributed by atoms with Gasteiger partial charge in [0.25, 0.3) is 0 Å². The predicted molar refractivity (Wildman–Crippen MR) is 112 cm³/mol. The molecular formula is C20H36Br2O3. The smallest absolute Gasteiger partial charge is 0.340 e. The monoisotopic (exact) mass is 482 g/mol. The summed E-state index contributed by atoms with van der Waals surface area (Å²) in [4.78, 5) is 12.7. The van der Waals surface area contributed by atoms with Crippen molar-refractivity contribution in [2.45, 2.75) is 106 Å². The van der Waals surface area contributed by atoms with Gasteiger partial charge in [0.1, 0.15) is 0 Å². The summed E-state index contributed by atoms with van der Waals surface area (Å²) in [6, 6.07) is 0. The highest BCUT2D eigenvalue weighted by atomic mass is 79.9. The third-order valence-electron chi connectivity index (χ3n) is 5.09. The van der Waals surface area contributed by atoms with Crippen LogP contribution in [0.1, 0.15) is 90.4 Å². The minimum atomic E-state index is -0.592. The van der Waals surface area contributed by atoms with Crippen LogP contribution in [0.4, 0.5) is 0 Å². The van der Waals surface area contributed by atoms with E-state index in [-0.39, 0.29) is 5.97 Å². The Morgan fingerprint density at radius 3 is 1.92 bits per heavy atom. The van der Waals surface area contributed by atoms with E-state index in [0.29, 0.717) is 16.3 Å². The number of carbonyl (C=O) groups is 1. The molecule has 3 atom stereocenters. The van der Waals surface area contributed by atoms with Crippen LogP contribution in [0.5, 0.6) is 0 Å². The molecule has 0 aromatic carbocycles. The van der Waals surface area contributed by atoms with E-state index in [2.05, 4.69) is 38.8 Å². The summed E-state index contributed by atoms with van der Waals surface area (Å²) < 4.78 is 10.1. The number of rotatable bonds is 16. The second-order valence-corrected chi connectivity index (χ2v) is 9.67. The fourth-order valence-corrected chi connectivity index (χ4v) is 4.40. The van der Waals surface area contributed by atoms with Crippen LogP contribution in [0.15, 0.2) is 0 Å². The molecule has 0 amide bonds. The number of ether oxygens (including phenoxy) is 2. The van der Waals surface area contributed by atoms with Crippen LogP contribution < -0.4 is 0 Å². The Bertz CT molecular complexity index is 359. The SMILES string of the molecule is CCCCCCCC[C@H](Br)[C@@H](Br)CCCCCC[C@@]1(C(=O)OC)CO1. The molecule has 1 saturated heterocycles. The van der Waals surface area contributed by atoms with Gasteiger partial charge in [-0.05, 0) is 25.7 Å². The van der Waals surface area contributed by atoms with E-state index in [9.17, 15) is 4.79 Å². The van der Waals surface area contributed by atoms with Gasteiger partial charge in [-0.15, -0.1) is 0 Å². The summed E-state index contributed by atoms with van der Waals surface area (Å²) in [5.74, 6) is -0.204. The summed E-state index contributed by atoms with van der Waals surface area (Å²) in [5.41, 5.74) is -0.592. The maximum atomic E-state index is 11.6. The summed E-state index contributed by atoms with van der Waals surface area (Å²) in [5, 5.41) is 0. The van der Waals surface area contributed by atoms with E-state index < -0.39 is 5.60 Å². The minimum absolute atomic E-state index is 0.204. The highest BCUT2D eigenvalue weighted by molar-refractivity contribution is 9.12. The third kappa shape index (κ3) is 9.76. The number of methoxy groups -OCH3 is 1. The Morgan fingerprint density at radius 2 is 1.44 bits per heavy atom. The molecule has 25 heavy (non-hydrogen) atoms. The molecule has 1 fully saturated rings. The van der Waals surface area contributed by atoms with Crippen molar-refractivity contribution >= 4 is 37.8 Å². The molecule has 3 nitrogen and oxygen atoms in total. The van der Waals surface area contributed by atoms with E-state index in [0.717, 1.165) is 19.3 Å². The molecule has 0 bridgehead atoms. The largest absolute Gasteiger partial charge is 0.467 e. The molecule has 5 heteroatoms. The Balaban J connectivity index is 1.95. The summed E-state index contributed by atoms with van der Waals surface area (Å²) in [7, 11) is 1.43. The molecule has 0 aliphatic carbocycles. The zero-order valence-corrected chi connectivity index (χ0v) is 19.2. The summed E-state index contributed by atoms with van der Waals surface area (Å²) in [6.07, 6.45) is 16.1. The molecule has 0 spiro atoms. The van der Waals surface area contributed by atoms with Gasteiger partial charge in [-0.25, -0.2) is 4.79 Å². The quantitative estimate of drug-likeness (QED) is 0.108. The van der Waals surface area contributed by atoms with Gasteiger partial charge in [0.05, 0.1) is 13.7 Å². The molecule has 0 aromatic heterocycles. The van der Waals surface area contributed by atoms with E-state index in [1.807, 2.05) is 0 Å². The average Bonchev–Trinajstić information content (AvgIpc) is 3.40. The van der Waals surface area contributed by atoms with Gasteiger partial charge in [0.2, 0.25) is 0 Å². The molecule has 0 unspecified atom stereocenters. The molecule has 0 saturated carbocycles. The topological polar surface area (TPSA) is 38.8 Å². The number of hydrogen-bond donors (Lipinski definition) is 0. The Labute approximate surface area is 171 Å². The van der Waals surface area contributed by atoms with Gasteiger partial charge < -0.3 is 9.47 Å². The zero-order chi connectivity index (χ0) is 18.5. The normalized spacial score (nSPS) is 21.8. The number of unbranched alkanes of at least 4 members (excludes halogenated alkanes) is 8. The van der Waals surface area contributed by atoms with Crippen molar-refractivity contribution in [3.63, 3.8) is 0 Å². The maximum absolute atomic E-state index is 11.6. The number of esters is 1. The number of hydrogen-bond acceptors (Lipinski definition) is 3. The lowest BCUT2D eigenvalue weighted by Crippen LogP contribution is -2.25. The minimum Gasteiger partial charge on any atom is -0.467 e. The number of alkyl halides is 2. The molecular weight excluding hydrogens is 448 g/mol. The van der Waals surface area contributed by atoms with Crippen LogP contribution in [-0.2, 0) is 14.3 Å². The third-order valence-corrected chi connectivity index (χ3v) is 7.99. The van der Waals surface area contributed by atoms with E-state index in [1.54, 1.807) is 0 Å². The fraction of sp³-hybridized carbons (Fsp3) is 0.950. The molecule has 0 radical (unpaired) electrons. The van der Waals surface area contributed by atoms with E-state index in [4.69, 9.17) is 9.47 Å². The van der Waals surface area contributed by atoms with Crippen molar-refractivity contribution < 1.29 is 14.3 Å². The van der Waals surface area contributed by atoms with Crippen molar-refractivity contribution in [3.05, 3.63) is 0 Å². The molecule has 0 aromatic rings. The lowest BCUT2D eigenvalue weighted by atomic mass is 10.0. The first-order valence-corrected chi connectivity index (χ1v) is 11.9. The summed E-state index contributed by atoms with van der Waals surface area (Å²) in [6.45, 7) is 2.80. The zero-order valence-electron chi connectivity index (χ0n) is 16.0. The fourth-order valence-electron chi connectivity index (χ4n) is 3.22. The Morgan fingerprint density at radius 1 is 0.960 bits per heavy atom. The first-order chi connectivity index (χ1) is 12.1. The van der Waals surface area contributed by atoms with Gasteiger partial charge >= 0.3 is 5.97 Å². The first-order valence-electron chi connectivity index (χ1n) is 10.1. The van der Waals surface area contributed by atoms with Crippen LogP contribution in [0.2, 0.25) is 0 Å². The highest BCUT2D eigenvalue weighted by Crippen LogP contribution is 2.34. The molecule has 148 valence electrons. The van der Waals surface area contributed by atoms with Crippen LogP contribution >= 0.6 is 31.9 Å². The van der Waals surface area contributed by atoms with Gasteiger partial charge in [-0.1, -0.05) is 96.6 Å². The second-order valence-electron chi connectivity index (χ2n) is 7.32. The van der Waals surface area contributed by atoms with Gasteiger partial charge in [0, 0.05) is 9.65 Å². The van der Waals surface area contributed by atoms with Crippen molar-refractivity contribution in [1.29, 1.82) is 0 Å². The van der Waals surface area contributed by atoms with E-state index >= 15 is 0 Å². The number of epoxide rings is 1. The van der Waals surface area contributed by atoms with Crippen LogP contribution in [-0.4, -0.2) is 34.9 Å². The van der Waals surface area contributed by atoms with Crippen molar-refractivity contribution in [1.82, 2.24) is 0 Å². The summed E-state index contributed by atoms with van der Waals surface area (Å²) >= 11 is 7.70. The number of carbonyl (C=O) groups excluding carboxylic acids is 1. The Kier molecular flexibility index (Phi) is 12.7. The molecule has 1 aliphatic rings. The second kappa shape index (κ2) is 13.5. The van der Waals surface area contributed by atoms with Gasteiger partial charge in [-0.2, -0.15) is 0 Å². The van der Waals surface area contributed by atoms with Crippen LogP contribution in [0, 0.1) is 0 Å². The lowest BCUT2D eigenvalue weighted by molar-refractivity contribution is -0.147. The molecule has 1 heterocycles. The maximum Gasteiger partial charge on any atom is 0.340 e. The molecule has 0 N–H and O–H groups in total. The predicted octanol–water partition coefficient (Wildman–Crippen LogP) is 6.55. The van der Waals surface area contributed by atoms with Crippen molar-refractivity contribution in [2.24, 2.45) is 0 Å². The van der Waals surface area contributed by atoms with Gasteiger partial charge in [0.15, 0.2) is 5.60 Å². The Hall–Kier alpha value is 0.390. The van der Waals surface area contributed by atoms with Crippen molar-refractivity contribution in [2.75, 3.05) is 13.7 Å². The number of halogens is 2. The highest BCUT2D eigenvalue weighted by Gasteiger charge is 2.52. The average molecular weight is 484 g/mol. The lowest BCUT2D eigenvalue weighted by Gasteiger charge is -2.16. The van der Waals surface area contributed by atoms with Crippen LogP contribution in [0.3, 0.4) is 0 Å². The first kappa shape index (κ1) is 23.4. The van der Waals surface area contributed by atoms with E-state index in [1.165, 1.54) is 71.3 Å². The van der Waals surface area contributed by atoms with Crippen LogP contribution in [0.25, 0.3) is 0 Å². The van der Waals surface area contributed by atoms with Crippen molar-refractivity contribution in [3.8, 4) is 0 Å². The van der Waals surface area contributed by atoms with Gasteiger partial charge in [-0.3, -0.25) is 0 Å². The molecule has 1 rings (SSSR count).